The molecule has 0 radical (unpaired) electrons. The molecule has 0 aromatic carbocycles. The van der Waals surface area contributed by atoms with E-state index in [4.69, 9.17) is 0 Å². The summed E-state index contributed by atoms with van der Waals surface area (Å²) in [6.45, 7) is 4.39. The Kier molecular flexibility index (Phi) is 1.61. The molecule has 2 rings (SSSR count). The van der Waals surface area contributed by atoms with Crippen molar-refractivity contribution in [3.05, 3.63) is 36.4 Å². The number of rotatable bonds is 1. The summed E-state index contributed by atoms with van der Waals surface area (Å²) < 4.78 is 2.10. The van der Waals surface area contributed by atoms with Crippen LogP contribution in [0.25, 0.3) is 5.52 Å². The van der Waals surface area contributed by atoms with Crippen LogP contribution in [0.5, 0.6) is 0 Å². The summed E-state index contributed by atoms with van der Waals surface area (Å²) in [5.74, 6) is 0.569. The van der Waals surface area contributed by atoms with E-state index in [9.17, 15) is 0 Å². The summed E-state index contributed by atoms with van der Waals surface area (Å²) in [7, 11) is 0. The maximum Gasteiger partial charge on any atom is 0.0669 e. The number of hydrogen-bond donors (Lipinski definition) is 0. The van der Waals surface area contributed by atoms with Gasteiger partial charge in [0.2, 0.25) is 0 Å². The summed E-state index contributed by atoms with van der Waals surface area (Å²) in [6.07, 6.45) is 7.76. The zero-order valence-electron chi connectivity index (χ0n) is 7.36. The molecule has 0 aliphatic carbocycles. The Labute approximate surface area is 71.9 Å². The largest absolute Gasteiger partial charge is 0.321 e. The highest BCUT2D eigenvalue weighted by Gasteiger charge is 2.04. The molecule has 0 fully saturated rings. The van der Waals surface area contributed by atoms with Gasteiger partial charge in [-0.2, -0.15) is 0 Å². The first-order valence-electron chi connectivity index (χ1n) is 4.19. The molecule has 0 N–H and O–H groups in total. The number of nitrogens with zero attached hydrogens (tertiary/aromatic N) is 2. The lowest BCUT2D eigenvalue weighted by molar-refractivity contribution is 0.875. The van der Waals surface area contributed by atoms with Crippen LogP contribution in [0.2, 0.25) is 0 Å². The van der Waals surface area contributed by atoms with Crippen LogP contribution in [-0.2, 0) is 0 Å². The van der Waals surface area contributed by atoms with E-state index in [2.05, 4.69) is 35.5 Å². The SMILES string of the molecule is CC(C)c1ccn2ccncc12. The Bertz CT molecular complexity index is 387. The van der Waals surface area contributed by atoms with Crippen LogP contribution in [-0.4, -0.2) is 9.38 Å². The minimum atomic E-state index is 0.569. The topological polar surface area (TPSA) is 17.3 Å². The molecule has 0 aliphatic heterocycles. The second-order valence-corrected chi connectivity index (χ2v) is 3.29. The summed E-state index contributed by atoms with van der Waals surface area (Å²) >= 11 is 0. The third kappa shape index (κ3) is 0.998. The van der Waals surface area contributed by atoms with E-state index in [0.29, 0.717) is 5.92 Å². The van der Waals surface area contributed by atoms with Crippen LogP contribution < -0.4 is 0 Å². The molecule has 0 aliphatic rings. The van der Waals surface area contributed by atoms with Gasteiger partial charge in [-0.25, -0.2) is 0 Å². The normalized spacial score (nSPS) is 11.2. The molecule has 62 valence electrons. The summed E-state index contributed by atoms with van der Waals surface area (Å²) in [5, 5.41) is 0. The van der Waals surface area contributed by atoms with Crippen LogP contribution in [0.15, 0.2) is 30.9 Å². The lowest BCUT2D eigenvalue weighted by Crippen LogP contribution is -1.87. The Morgan fingerprint density at radius 3 is 2.92 bits per heavy atom. The minimum absolute atomic E-state index is 0.569. The van der Waals surface area contributed by atoms with Crippen molar-refractivity contribution in [2.45, 2.75) is 19.8 Å². The van der Waals surface area contributed by atoms with Gasteiger partial charge in [-0.15, -0.1) is 0 Å². The predicted octanol–water partition coefficient (Wildman–Crippen LogP) is 2.46. The molecule has 0 spiro atoms. The van der Waals surface area contributed by atoms with Crippen LogP contribution in [0.1, 0.15) is 25.3 Å². The fourth-order valence-corrected chi connectivity index (χ4v) is 1.46. The quantitative estimate of drug-likeness (QED) is 0.626. The van der Waals surface area contributed by atoms with Crippen molar-refractivity contribution in [2.75, 3.05) is 0 Å². The molecule has 2 heteroatoms. The molecule has 0 unspecified atom stereocenters. The van der Waals surface area contributed by atoms with Crippen LogP contribution in [0.3, 0.4) is 0 Å². The predicted molar refractivity (Wildman–Crippen MR) is 49.3 cm³/mol. The van der Waals surface area contributed by atoms with Crippen molar-refractivity contribution in [2.24, 2.45) is 0 Å². The number of fused-ring (bicyclic) bond motifs is 1. The van der Waals surface area contributed by atoms with Crippen LogP contribution in [0, 0.1) is 0 Å². The maximum atomic E-state index is 4.11. The first kappa shape index (κ1) is 7.35. The first-order valence-corrected chi connectivity index (χ1v) is 4.19. The molecule has 0 atom stereocenters. The van der Waals surface area contributed by atoms with Crippen molar-refractivity contribution >= 4 is 5.52 Å². The smallest absolute Gasteiger partial charge is 0.0669 e. The van der Waals surface area contributed by atoms with Gasteiger partial charge in [0, 0.05) is 18.6 Å². The molecule has 0 saturated carbocycles. The Balaban J connectivity index is 2.70. The van der Waals surface area contributed by atoms with Crippen molar-refractivity contribution in [3.63, 3.8) is 0 Å². The van der Waals surface area contributed by atoms with Gasteiger partial charge in [-0.05, 0) is 17.5 Å². The van der Waals surface area contributed by atoms with Gasteiger partial charge in [0.05, 0.1) is 11.7 Å². The minimum Gasteiger partial charge on any atom is -0.321 e. The molecule has 0 saturated heterocycles. The van der Waals surface area contributed by atoms with E-state index in [1.165, 1.54) is 11.1 Å². The molecular formula is C10H12N2. The van der Waals surface area contributed by atoms with E-state index >= 15 is 0 Å². The van der Waals surface area contributed by atoms with Crippen molar-refractivity contribution in [1.82, 2.24) is 9.38 Å². The Morgan fingerprint density at radius 2 is 2.17 bits per heavy atom. The lowest BCUT2D eigenvalue weighted by atomic mass is 10.1. The highest BCUT2D eigenvalue weighted by Crippen LogP contribution is 2.20. The highest BCUT2D eigenvalue weighted by atomic mass is 14.9. The molecule has 2 aromatic rings. The summed E-state index contributed by atoms with van der Waals surface area (Å²) in [4.78, 5) is 4.11. The summed E-state index contributed by atoms with van der Waals surface area (Å²) in [5.41, 5.74) is 2.58. The highest BCUT2D eigenvalue weighted by molar-refractivity contribution is 5.55. The molecule has 2 nitrogen and oxygen atoms in total. The van der Waals surface area contributed by atoms with E-state index in [0.717, 1.165) is 0 Å². The lowest BCUT2D eigenvalue weighted by Gasteiger charge is -2.01. The van der Waals surface area contributed by atoms with Crippen LogP contribution in [0.4, 0.5) is 0 Å². The molecule has 2 aromatic heterocycles. The van der Waals surface area contributed by atoms with E-state index in [-0.39, 0.29) is 0 Å². The van der Waals surface area contributed by atoms with Gasteiger partial charge in [-0.3, -0.25) is 4.98 Å². The van der Waals surface area contributed by atoms with E-state index in [1.807, 2.05) is 12.4 Å². The van der Waals surface area contributed by atoms with E-state index in [1.54, 1.807) is 6.20 Å². The number of hydrogen-bond acceptors (Lipinski definition) is 1. The van der Waals surface area contributed by atoms with Gasteiger partial charge in [0.25, 0.3) is 0 Å². The van der Waals surface area contributed by atoms with Gasteiger partial charge in [-0.1, -0.05) is 13.8 Å². The average molecular weight is 160 g/mol. The Hall–Kier alpha value is -1.31. The van der Waals surface area contributed by atoms with Crippen LogP contribution >= 0.6 is 0 Å². The average Bonchev–Trinajstić information content (AvgIpc) is 2.47. The second kappa shape index (κ2) is 2.63. The molecular weight excluding hydrogens is 148 g/mol. The van der Waals surface area contributed by atoms with Gasteiger partial charge in [0.1, 0.15) is 0 Å². The fourth-order valence-electron chi connectivity index (χ4n) is 1.46. The monoisotopic (exact) mass is 160 g/mol. The van der Waals surface area contributed by atoms with Gasteiger partial charge >= 0.3 is 0 Å². The Morgan fingerprint density at radius 1 is 1.33 bits per heavy atom. The van der Waals surface area contributed by atoms with Gasteiger partial charge < -0.3 is 4.40 Å². The molecule has 2 heterocycles. The third-order valence-corrected chi connectivity index (χ3v) is 2.12. The molecule has 0 bridgehead atoms. The molecule has 0 amide bonds. The third-order valence-electron chi connectivity index (χ3n) is 2.12. The zero-order valence-corrected chi connectivity index (χ0v) is 7.36. The van der Waals surface area contributed by atoms with Crippen molar-refractivity contribution < 1.29 is 0 Å². The number of aromatic nitrogens is 2. The first-order chi connectivity index (χ1) is 5.79. The molecule has 12 heavy (non-hydrogen) atoms. The summed E-state index contributed by atoms with van der Waals surface area (Å²) in [6, 6.07) is 2.15. The van der Waals surface area contributed by atoms with E-state index < -0.39 is 0 Å². The van der Waals surface area contributed by atoms with Crippen molar-refractivity contribution in [3.8, 4) is 0 Å². The fraction of sp³-hybridized carbons (Fsp3) is 0.300. The second-order valence-electron chi connectivity index (χ2n) is 3.29. The maximum absolute atomic E-state index is 4.11. The van der Waals surface area contributed by atoms with Crippen molar-refractivity contribution in [1.29, 1.82) is 0 Å². The standard InChI is InChI=1S/C10H12N2/c1-8(2)9-3-5-12-6-4-11-7-10(9)12/h3-8H,1-2H3. The zero-order chi connectivity index (χ0) is 8.55. The van der Waals surface area contributed by atoms with Gasteiger partial charge in [0.15, 0.2) is 0 Å².